The fraction of sp³-hybridized carbons (Fsp3) is 0.387. The second-order valence-electron chi connectivity index (χ2n) is 9.65. The molecule has 35 heavy (non-hydrogen) atoms. The van der Waals surface area contributed by atoms with Crippen LogP contribution in [0.4, 0.5) is 13.2 Å². The van der Waals surface area contributed by atoms with Crippen molar-refractivity contribution in [2.75, 3.05) is 0 Å². The van der Waals surface area contributed by atoms with E-state index in [2.05, 4.69) is 24.8 Å². The van der Waals surface area contributed by atoms with Crippen LogP contribution in [0.15, 0.2) is 42.5 Å². The average Bonchev–Trinajstić information content (AvgIpc) is 2.86. The lowest BCUT2D eigenvalue weighted by atomic mass is 9.76. The van der Waals surface area contributed by atoms with Crippen LogP contribution in [-0.2, 0) is 0 Å². The molecule has 0 unspecified atom stereocenters. The summed E-state index contributed by atoms with van der Waals surface area (Å²) in [5.74, 6) is 4.26. The van der Waals surface area contributed by atoms with Gasteiger partial charge < -0.3 is 0 Å². The van der Waals surface area contributed by atoms with Gasteiger partial charge in [-0.2, -0.15) is 5.26 Å². The number of halogens is 3. The molecule has 1 saturated carbocycles. The number of unbranched alkanes of at least 4 members (excludes halogenated alkanes) is 3. The lowest BCUT2D eigenvalue weighted by molar-refractivity contribution is 0.302. The molecular formula is C31H30F3N. The summed E-state index contributed by atoms with van der Waals surface area (Å²) in [6.45, 7) is 2.25. The summed E-state index contributed by atoms with van der Waals surface area (Å²) in [4.78, 5) is 0. The zero-order valence-electron chi connectivity index (χ0n) is 20.1. The molecule has 1 nitrogen and oxygen atoms in total. The van der Waals surface area contributed by atoms with E-state index in [9.17, 15) is 8.78 Å². The van der Waals surface area contributed by atoms with Gasteiger partial charge in [-0.15, -0.1) is 0 Å². The second-order valence-corrected chi connectivity index (χ2v) is 9.65. The minimum absolute atomic E-state index is 0.0508. The zero-order valence-corrected chi connectivity index (χ0v) is 20.1. The van der Waals surface area contributed by atoms with Crippen LogP contribution in [0.25, 0.3) is 10.8 Å². The van der Waals surface area contributed by atoms with Gasteiger partial charge in [0.2, 0.25) is 0 Å². The topological polar surface area (TPSA) is 23.8 Å². The summed E-state index contributed by atoms with van der Waals surface area (Å²) in [7, 11) is 0. The molecule has 0 aromatic heterocycles. The van der Waals surface area contributed by atoms with E-state index in [0.717, 1.165) is 23.4 Å². The summed E-state index contributed by atoms with van der Waals surface area (Å²) in [5.41, 5.74) is 0.834. The first kappa shape index (κ1) is 24.9. The third-order valence-electron chi connectivity index (χ3n) is 7.26. The Balaban J connectivity index is 1.47. The van der Waals surface area contributed by atoms with Crippen molar-refractivity contribution >= 4 is 10.8 Å². The van der Waals surface area contributed by atoms with Crippen molar-refractivity contribution in [1.82, 2.24) is 0 Å². The molecule has 0 atom stereocenters. The molecule has 1 aliphatic carbocycles. The minimum Gasteiger partial charge on any atom is -0.205 e. The molecule has 3 aromatic carbocycles. The van der Waals surface area contributed by atoms with Gasteiger partial charge >= 0.3 is 0 Å². The van der Waals surface area contributed by atoms with Gasteiger partial charge in [0.1, 0.15) is 29.1 Å². The van der Waals surface area contributed by atoms with Crippen molar-refractivity contribution in [3.63, 3.8) is 0 Å². The van der Waals surface area contributed by atoms with E-state index in [0.29, 0.717) is 11.3 Å². The normalized spacial score (nSPS) is 17.6. The van der Waals surface area contributed by atoms with Gasteiger partial charge in [0.25, 0.3) is 0 Å². The van der Waals surface area contributed by atoms with Gasteiger partial charge in [-0.25, -0.2) is 13.2 Å². The van der Waals surface area contributed by atoms with Crippen LogP contribution >= 0.6 is 0 Å². The highest BCUT2D eigenvalue weighted by atomic mass is 19.1. The first-order chi connectivity index (χ1) is 17.0. The highest BCUT2D eigenvalue weighted by molar-refractivity contribution is 5.85. The number of nitriles is 1. The van der Waals surface area contributed by atoms with E-state index < -0.39 is 23.0 Å². The van der Waals surface area contributed by atoms with E-state index in [-0.39, 0.29) is 11.1 Å². The monoisotopic (exact) mass is 473 g/mol. The third kappa shape index (κ3) is 5.88. The van der Waals surface area contributed by atoms with Crippen molar-refractivity contribution in [2.45, 2.75) is 70.6 Å². The molecule has 0 N–H and O–H groups in total. The van der Waals surface area contributed by atoms with Crippen LogP contribution in [0.1, 0.15) is 92.9 Å². The fourth-order valence-electron chi connectivity index (χ4n) is 5.20. The van der Waals surface area contributed by atoms with Crippen molar-refractivity contribution in [1.29, 1.82) is 5.26 Å². The maximum Gasteiger partial charge on any atom is 0.146 e. The van der Waals surface area contributed by atoms with Crippen molar-refractivity contribution in [3.8, 4) is 17.9 Å². The predicted molar refractivity (Wildman–Crippen MR) is 134 cm³/mol. The number of hydrogen-bond donors (Lipinski definition) is 0. The molecule has 4 heteroatoms. The van der Waals surface area contributed by atoms with Gasteiger partial charge in [-0.05, 0) is 66.7 Å². The molecule has 0 amide bonds. The lowest BCUT2D eigenvalue weighted by Crippen LogP contribution is -2.13. The van der Waals surface area contributed by atoms with Crippen molar-refractivity contribution in [2.24, 2.45) is 5.92 Å². The summed E-state index contributed by atoms with van der Waals surface area (Å²) in [6, 6.07) is 12.9. The van der Waals surface area contributed by atoms with Gasteiger partial charge in [-0.3, -0.25) is 0 Å². The summed E-state index contributed by atoms with van der Waals surface area (Å²) in [5, 5.41) is 10.1. The van der Waals surface area contributed by atoms with Crippen molar-refractivity contribution < 1.29 is 13.2 Å². The maximum atomic E-state index is 15.2. The highest BCUT2D eigenvalue weighted by Gasteiger charge is 2.22. The van der Waals surface area contributed by atoms with Crippen LogP contribution in [0.3, 0.4) is 0 Å². The molecule has 0 heterocycles. The first-order valence-electron chi connectivity index (χ1n) is 12.6. The standard InChI is InChI=1S/C31H30F3N/c1-2-3-4-5-6-21-7-10-23(11-8-21)25-15-16-27-26(19-25)14-13-24(31(27)34)12-9-22-17-29(32)28(20-35)30(33)18-22/h13-19,21,23H,2-8,10-11H2,1H3. The Morgan fingerprint density at radius 1 is 0.857 bits per heavy atom. The Labute approximate surface area is 206 Å². The van der Waals surface area contributed by atoms with E-state index in [1.807, 2.05) is 18.2 Å². The number of nitrogens with zero attached hydrogens (tertiary/aromatic N) is 1. The molecule has 0 bridgehead atoms. The Hall–Kier alpha value is -3.24. The number of hydrogen-bond acceptors (Lipinski definition) is 1. The number of rotatable bonds is 6. The van der Waals surface area contributed by atoms with Gasteiger partial charge in [0, 0.05) is 10.9 Å². The summed E-state index contributed by atoms with van der Waals surface area (Å²) in [6.07, 6.45) is 11.6. The van der Waals surface area contributed by atoms with E-state index in [1.165, 1.54) is 69.4 Å². The molecule has 0 radical (unpaired) electrons. The molecule has 1 aliphatic rings. The first-order valence-corrected chi connectivity index (χ1v) is 12.6. The summed E-state index contributed by atoms with van der Waals surface area (Å²) < 4.78 is 42.8. The maximum absolute atomic E-state index is 15.2. The lowest BCUT2D eigenvalue weighted by Gasteiger charge is -2.29. The number of benzene rings is 3. The highest BCUT2D eigenvalue weighted by Crippen LogP contribution is 2.39. The fourth-order valence-corrected chi connectivity index (χ4v) is 5.20. The SMILES string of the molecule is CCCCCCC1CCC(c2ccc3c(F)c(C#Cc4cc(F)c(C#N)c(F)c4)ccc3c2)CC1. The molecule has 0 spiro atoms. The quantitative estimate of drug-likeness (QED) is 0.259. The Bertz CT molecular complexity index is 1280. The van der Waals surface area contributed by atoms with E-state index >= 15 is 4.39 Å². The molecule has 0 saturated heterocycles. The van der Waals surface area contributed by atoms with Gasteiger partial charge in [0.15, 0.2) is 0 Å². The minimum atomic E-state index is -0.978. The molecule has 3 aromatic rings. The van der Waals surface area contributed by atoms with E-state index in [1.54, 1.807) is 6.07 Å². The molecule has 4 rings (SSSR count). The van der Waals surface area contributed by atoms with E-state index in [4.69, 9.17) is 5.26 Å². The molecule has 0 aliphatic heterocycles. The molecular weight excluding hydrogens is 443 g/mol. The second kappa shape index (κ2) is 11.5. The largest absolute Gasteiger partial charge is 0.205 e. The van der Waals surface area contributed by atoms with Crippen LogP contribution in [0, 0.1) is 46.5 Å². The smallest absolute Gasteiger partial charge is 0.146 e. The Morgan fingerprint density at radius 2 is 1.60 bits per heavy atom. The molecule has 1 fully saturated rings. The summed E-state index contributed by atoms with van der Waals surface area (Å²) >= 11 is 0. The van der Waals surface area contributed by atoms with Crippen LogP contribution in [0.5, 0.6) is 0 Å². The van der Waals surface area contributed by atoms with Gasteiger partial charge in [0.05, 0.1) is 5.56 Å². The van der Waals surface area contributed by atoms with Crippen LogP contribution < -0.4 is 0 Å². The average molecular weight is 474 g/mol. The third-order valence-corrected chi connectivity index (χ3v) is 7.26. The van der Waals surface area contributed by atoms with Crippen LogP contribution in [-0.4, -0.2) is 0 Å². The Kier molecular flexibility index (Phi) is 8.14. The predicted octanol–water partition coefficient (Wildman–Crippen LogP) is 8.77. The number of fused-ring (bicyclic) bond motifs is 1. The van der Waals surface area contributed by atoms with Crippen LogP contribution in [0.2, 0.25) is 0 Å². The Morgan fingerprint density at radius 3 is 2.29 bits per heavy atom. The van der Waals surface area contributed by atoms with Gasteiger partial charge in [-0.1, -0.05) is 75.1 Å². The molecule has 180 valence electrons. The van der Waals surface area contributed by atoms with Crippen molar-refractivity contribution in [3.05, 3.63) is 82.2 Å². The zero-order chi connectivity index (χ0) is 24.8.